The second-order valence-electron chi connectivity index (χ2n) is 6.27. The second-order valence-corrected chi connectivity index (χ2v) is 9.06. The third-order valence-electron chi connectivity index (χ3n) is 4.19. The molecule has 11 heteroatoms. The Kier molecular flexibility index (Phi) is 6.79. The van der Waals surface area contributed by atoms with E-state index in [4.69, 9.17) is 23.8 Å². The van der Waals surface area contributed by atoms with Gasteiger partial charge in [-0.15, -0.1) is 0 Å². The fourth-order valence-corrected chi connectivity index (χ4v) is 4.02. The van der Waals surface area contributed by atoms with Crippen molar-refractivity contribution in [1.82, 2.24) is 24.4 Å². The summed E-state index contributed by atoms with van der Waals surface area (Å²) < 4.78 is 28.7. The van der Waals surface area contributed by atoms with Crippen LogP contribution >= 0.6 is 23.8 Å². The minimum atomic E-state index is -3.71. The monoisotopic (exact) mass is 431 g/mol. The molecule has 0 atom stereocenters. The van der Waals surface area contributed by atoms with Gasteiger partial charge < -0.3 is 9.88 Å². The van der Waals surface area contributed by atoms with E-state index in [1.54, 1.807) is 25.5 Å². The standard InChI is InChI=1S/C16H22ClN5O3S2/c1-10(2)22(4)27(24,25)11-5-6-13(17)12(9-11)15(23)18-8-7-14-19-20-16(26)21(14)3/h5-6,9-10H,7-8H2,1-4H3,(H,18,23)(H,20,26). The van der Waals surface area contributed by atoms with E-state index < -0.39 is 15.9 Å². The summed E-state index contributed by atoms with van der Waals surface area (Å²) in [6, 6.07) is 3.88. The molecule has 2 aromatic rings. The molecule has 0 saturated heterocycles. The maximum Gasteiger partial charge on any atom is 0.252 e. The summed E-state index contributed by atoms with van der Waals surface area (Å²) in [4.78, 5) is 12.5. The van der Waals surface area contributed by atoms with Crippen molar-refractivity contribution in [3.05, 3.63) is 39.4 Å². The van der Waals surface area contributed by atoms with Gasteiger partial charge in [0, 0.05) is 33.1 Å². The number of benzene rings is 1. The molecule has 0 aliphatic carbocycles. The number of carbonyl (C=O) groups is 1. The molecule has 0 spiro atoms. The Morgan fingerprint density at radius 1 is 1.44 bits per heavy atom. The number of halogens is 1. The first-order valence-electron chi connectivity index (χ1n) is 8.21. The van der Waals surface area contributed by atoms with E-state index in [0.717, 1.165) is 0 Å². The number of hydrogen-bond acceptors (Lipinski definition) is 5. The Balaban J connectivity index is 2.16. The molecule has 1 aromatic carbocycles. The average molecular weight is 432 g/mol. The van der Waals surface area contributed by atoms with Gasteiger partial charge in [0.05, 0.1) is 15.5 Å². The average Bonchev–Trinajstić information content (AvgIpc) is 2.93. The Morgan fingerprint density at radius 2 is 2.11 bits per heavy atom. The number of sulfonamides is 1. The number of nitrogens with zero attached hydrogens (tertiary/aromatic N) is 3. The summed E-state index contributed by atoms with van der Waals surface area (Å²) in [5.41, 5.74) is 0.102. The number of amides is 1. The number of hydrogen-bond donors (Lipinski definition) is 2. The topological polar surface area (TPSA) is 100 Å². The predicted octanol–water partition coefficient (Wildman–Crippen LogP) is 2.13. The maximum atomic E-state index is 12.6. The van der Waals surface area contributed by atoms with Crippen LogP contribution in [0.1, 0.15) is 30.0 Å². The minimum Gasteiger partial charge on any atom is -0.352 e. The van der Waals surface area contributed by atoms with E-state index in [-0.39, 0.29) is 21.5 Å². The first-order valence-corrected chi connectivity index (χ1v) is 10.4. The molecule has 0 radical (unpaired) electrons. The van der Waals surface area contributed by atoms with Crippen molar-refractivity contribution in [1.29, 1.82) is 0 Å². The van der Waals surface area contributed by atoms with Crippen LogP contribution in [-0.2, 0) is 23.5 Å². The van der Waals surface area contributed by atoms with Crippen molar-refractivity contribution in [2.75, 3.05) is 13.6 Å². The molecule has 148 valence electrons. The lowest BCUT2D eigenvalue weighted by molar-refractivity contribution is 0.0954. The Labute approximate surface area is 168 Å². The first-order chi connectivity index (χ1) is 12.6. The number of carbonyl (C=O) groups excluding carboxylic acids is 1. The van der Waals surface area contributed by atoms with Crippen LogP contribution < -0.4 is 5.32 Å². The van der Waals surface area contributed by atoms with Crippen molar-refractivity contribution < 1.29 is 13.2 Å². The highest BCUT2D eigenvalue weighted by Crippen LogP contribution is 2.23. The highest BCUT2D eigenvalue weighted by Gasteiger charge is 2.25. The summed E-state index contributed by atoms with van der Waals surface area (Å²) in [7, 11) is -0.443. The zero-order valence-electron chi connectivity index (χ0n) is 15.5. The van der Waals surface area contributed by atoms with Gasteiger partial charge in [-0.3, -0.25) is 9.89 Å². The third kappa shape index (κ3) is 4.75. The van der Waals surface area contributed by atoms with Gasteiger partial charge in [-0.25, -0.2) is 8.42 Å². The zero-order chi connectivity index (χ0) is 20.4. The summed E-state index contributed by atoms with van der Waals surface area (Å²) >= 11 is 11.1. The normalized spacial score (nSPS) is 12.0. The lowest BCUT2D eigenvalue weighted by atomic mass is 10.2. The van der Waals surface area contributed by atoms with Gasteiger partial charge in [-0.05, 0) is 44.3 Å². The first kappa shape index (κ1) is 21.5. The van der Waals surface area contributed by atoms with Gasteiger partial charge in [0.1, 0.15) is 5.82 Å². The fourth-order valence-electron chi connectivity index (χ4n) is 2.27. The number of nitrogens with one attached hydrogen (secondary N) is 2. The molecule has 8 nitrogen and oxygen atoms in total. The van der Waals surface area contributed by atoms with E-state index in [0.29, 0.717) is 23.6 Å². The zero-order valence-corrected chi connectivity index (χ0v) is 17.9. The molecule has 0 unspecified atom stereocenters. The van der Waals surface area contributed by atoms with Gasteiger partial charge in [0.25, 0.3) is 5.91 Å². The van der Waals surface area contributed by atoms with Crippen molar-refractivity contribution >= 4 is 39.7 Å². The van der Waals surface area contributed by atoms with Gasteiger partial charge in [0.2, 0.25) is 10.0 Å². The molecule has 0 bridgehead atoms. The van der Waals surface area contributed by atoms with E-state index >= 15 is 0 Å². The van der Waals surface area contributed by atoms with E-state index in [1.807, 2.05) is 0 Å². The van der Waals surface area contributed by atoms with Crippen molar-refractivity contribution in [3.8, 4) is 0 Å². The molecule has 0 saturated carbocycles. The van der Waals surface area contributed by atoms with Gasteiger partial charge in [-0.1, -0.05) is 11.6 Å². The third-order valence-corrected chi connectivity index (χ3v) is 6.92. The van der Waals surface area contributed by atoms with Gasteiger partial charge in [0.15, 0.2) is 4.77 Å². The van der Waals surface area contributed by atoms with Crippen LogP contribution in [0.15, 0.2) is 23.1 Å². The molecule has 2 N–H and O–H groups in total. The second kappa shape index (κ2) is 8.51. The maximum absolute atomic E-state index is 12.6. The summed E-state index contributed by atoms with van der Waals surface area (Å²) in [5, 5.41) is 9.64. The van der Waals surface area contributed by atoms with Crippen LogP contribution in [0.25, 0.3) is 0 Å². The SMILES string of the molecule is CC(C)N(C)S(=O)(=O)c1ccc(Cl)c(C(=O)NCCc2n[nH]c(=S)n2C)c1. The molecule has 2 rings (SSSR count). The molecule has 0 aliphatic heterocycles. The highest BCUT2D eigenvalue weighted by molar-refractivity contribution is 7.89. The van der Waals surface area contributed by atoms with Crippen molar-refractivity contribution in [3.63, 3.8) is 0 Å². The number of aromatic amines is 1. The smallest absolute Gasteiger partial charge is 0.252 e. The lowest BCUT2D eigenvalue weighted by Crippen LogP contribution is -2.33. The number of rotatable bonds is 7. The summed E-state index contributed by atoms with van der Waals surface area (Å²) in [6.45, 7) is 3.83. The van der Waals surface area contributed by atoms with Crippen LogP contribution in [0.3, 0.4) is 0 Å². The minimum absolute atomic E-state index is 0.0164. The van der Waals surface area contributed by atoms with Crippen LogP contribution in [0, 0.1) is 4.77 Å². The van der Waals surface area contributed by atoms with Crippen molar-refractivity contribution in [2.45, 2.75) is 31.2 Å². The molecule has 0 aliphatic rings. The van der Waals surface area contributed by atoms with Gasteiger partial charge in [-0.2, -0.15) is 9.40 Å². The molecule has 1 aromatic heterocycles. The molecular formula is C16H22ClN5O3S2. The van der Waals surface area contributed by atoms with Crippen molar-refractivity contribution in [2.24, 2.45) is 7.05 Å². The Morgan fingerprint density at radius 3 is 2.67 bits per heavy atom. The van der Waals surface area contributed by atoms with E-state index in [9.17, 15) is 13.2 Å². The summed E-state index contributed by atoms with van der Waals surface area (Å²) in [5.74, 6) is 0.238. The largest absolute Gasteiger partial charge is 0.352 e. The lowest BCUT2D eigenvalue weighted by Gasteiger charge is -2.21. The predicted molar refractivity (Wildman–Crippen MR) is 106 cm³/mol. The highest BCUT2D eigenvalue weighted by atomic mass is 35.5. The van der Waals surface area contributed by atoms with E-state index in [2.05, 4.69) is 15.5 Å². The van der Waals surface area contributed by atoms with Crippen LogP contribution in [0.4, 0.5) is 0 Å². The molecule has 27 heavy (non-hydrogen) atoms. The quantitative estimate of drug-likeness (QED) is 0.654. The van der Waals surface area contributed by atoms with Gasteiger partial charge >= 0.3 is 0 Å². The molecule has 1 amide bonds. The Hall–Kier alpha value is -1.75. The van der Waals surface area contributed by atoms with Crippen LogP contribution in [-0.4, -0.2) is 53.0 Å². The number of aromatic nitrogens is 3. The van der Waals surface area contributed by atoms with Crippen LogP contribution in [0.5, 0.6) is 0 Å². The Bertz CT molecular complexity index is 998. The van der Waals surface area contributed by atoms with Crippen LogP contribution in [0.2, 0.25) is 5.02 Å². The molecular weight excluding hydrogens is 410 g/mol. The fraction of sp³-hybridized carbons (Fsp3) is 0.438. The molecule has 0 fully saturated rings. The van der Waals surface area contributed by atoms with E-state index in [1.165, 1.54) is 29.6 Å². The summed E-state index contributed by atoms with van der Waals surface area (Å²) in [6.07, 6.45) is 0.459. The molecule has 1 heterocycles. The number of H-pyrrole nitrogens is 1.